The smallest absolute Gasteiger partial charge is 0.407 e. The molecule has 6 heteroatoms. The van der Waals surface area contributed by atoms with E-state index in [0.29, 0.717) is 12.1 Å². The van der Waals surface area contributed by atoms with Crippen molar-refractivity contribution in [1.82, 2.24) is 10.4 Å². The molecule has 0 spiro atoms. The van der Waals surface area contributed by atoms with Crippen molar-refractivity contribution < 1.29 is 15.1 Å². The van der Waals surface area contributed by atoms with Gasteiger partial charge in [0.15, 0.2) is 0 Å². The molecule has 0 saturated heterocycles. The van der Waals surface area contributed by atoms with Gasteiger partial charge in [0.25, 0.3) is 0 Å². The zero-order chi connectivity index (χ0) is 14.4. The Morgan fingerprint density at radius 2 is 2.16 bits per heavy atom. The van der Waals surface area contributed by atoms with Crippen LogP contribution in [-0.2, 0) is 6.54 Å². The van der Waals surface area contributed by atoms with E-state index in [9.17, 15) is 4.79 Å². The van der Waals surface area contributed by atoms with Gasteiger partial charge in [-0.2, -0.15) is 0 Å². The van der Waals surface area contributed by atoms with Crippen LogP contribution in [0.2, 0.25) is 0 Å². The van der Waals surface area contributed by atoms with E-state index in [1.807, 2.05) is 13.8 Å². The fraction of sp³-hybridized carbons (Fsp3) is 0.385. The number of nitrogens with one attached hydrogen (secondary N) is 2. The van der Waals surface area contributed by atoms with Crippen molar-refractivity contribution in [3.63, 3.8) is 0 Å². The number of hydrogen-bond acceptors (Lipinski definition) is 3. The summed E-state index contributed by atoms with van der Waals surface area (Å²) in [6.07, 6.45) is -0.963. The first-order valence-corrected chi connectivity index (χ1v) is 6.00. The molecular weight excluding hydrogens is 246 g/mol. The molecule has 0 saturated carbocycles. The number of carboxylic acid groups (broad SMARTS) is 1. The zero-order valence-electron chi connectivity index (χ0n) is 11.1. The molecule has 0 aliphatic rings. The monoisotopic (exact) mass is 265 g/mol. The Morgan fingerprint density at radius 3 is 2.68 bits per heavy atom. The summed E-state index contributed by atoms with van der Waals surface area (Å²) in [5.41, 5.74) is 3.06. The number of hydroxylamine groups is 1. The third-order valence-corrected chi connectivity index (χ3v) is 2.56. The first-order chi connectivity index (χ1) is 8.93. The van der Waals surface area contributed by atoms with Gasteiger partial charge in [0.1, 0.15) is 5.84 Å². The standard InChI is InChI=1S/C13H19N3O3/c1-9(2)7-16(13(17)18)8-10-4-3-5-11(6-10)12(14)15-19/h3-6,9,19H,7-8H2,1-2H3,(H2,14,15)(H,17,18). The summed E-state index contributed by atoms with van der Waals surface area (Å²) >= 11 is 0. The van der Waals surface area contributed by atoms with E-state index in [4.69, 9.17) is 15.7 Å². The Hall–Kier alpha value is -2.08. The fourth-order valence-electron chi connectivity index (χ4n) is 1.76. The maximum atomic E-state index is 11.1. The van der Waals surface area contributed by atoms with Crippen LogP contribution in [0.5, 0.6) is 0 Å². The summed E-state index contributed by atoms with van der Waals surface area (Å²) < 4.78 is 0. The Kier molecular flexibility index (Phi) is 5.32. The van der Waals surface area contributed by atoms with Gasteiger partial charge >= 0.3 is 6.09 Å². The number of amides is 1. The molecule has 0 fully saturated rings. The molecule has 6 nitrogen and oxygen atoms in total. The summed E-state index contributed by atoms with van der Waals surface area (Å²) in [5, 5.41) is 25.3. The summed E-state index contributed by atoms with van der Waals surface area (Å²) in [5.74, 6) is 0.129. The van der Waals surface area contributed by atoms with Crippen LogP contribution in [0.3, 0.4) is 0 Å². The molecule has 1 rings (SSSR count). The average Bonchev–Trinajstić information content (AvgIpc) is 2.36. The SMILES string of the molecule is CC(C)CN(Cc1cccc(C(=N)NO)c1)C(=O)O. The normalized spacial score (nSPS) is 10.3. The molecule has 1 aromatic carbocycles. The number of carbonyl (C=O) groups is 1. The summed E-state index contributed by atoms with van der Waals surface area (Å²) in [6.45, 7) is 4.63. The number of benzene rings is 1. The van der Waals surface area contributed by atoms with E-state index < -0.39 is 6.09 Å². The van der Waals surface area contributed by atoms with E-state index >= 15 is 0 Å². The summed E-state index contributed by atoms with van der Waals surface area (Å²) in [6, 6.07) is 6.88. The molecule has 1 amide bonds. The molecule has 0 aliphatic heterocycles. The van der Waals surface area contributed by atoms with Crippen LogP contribution in [0, 0.1) is 11.3 Å². The zero-order valence-corrected chi connectivity index (χ0v) is 11.1. The van der Waals surface area contributed by atoms with Crippen LogP contribution in [0.1, 0.15) is 25.0 Å². The van der Waals surface area contributed by atoms with Crippen LogP contribution in [-0.4, -0.2) is 33.7 Å². The molecule has 0 radical (unpaired) electrons. The van der Waals surface area contributed by atoms with E-state index in [1.54, 1.807) is 29.7 Å². The topological polar surface area (TPSA) is 96.7 Å². The minimum absolute atomic E-state index is 0.118. The predicted octanol–water partition coefficient (Wildman–Crippen LogP) is 2.13. The lowest BCUT2D eigenvalue weighted by Crippen LogP contribution is -2.32. The molecule has 0 heterocycles. The van der Waals surface area contributed by atoms with E-state index in [1.165, 1.54) is 4.90 Å². The van der Waals surface area contributed by atoms with Gasteiger partial charge in [-0.15, -0.1) is 0 Å². The van der Waals surface area contributed by atoms with Crippen LogP contribution >= 0.6 is 0 Å². The Labute approximate surface area is 112 Å². The van der Waals surface area contributed by atoms with Crippen LogP contribution in [0.15, 0.2) is 24.3 Å². The van der Waals surface area contributed by atoms with Crippen LogP contribution in [0.25, 0.3) is 0 Å². The van der Waals surface area contributed by atoms with Crippen molar-refractivity contribution in [1.29, 1.82) is 5.41 Å². The second kappa shape index (κ2) is 6.75. The van der Waals surface area contributed by atoms with Crippen molar-refractivity contribution in [2.45, 2.75) is 20.4 Å². The van der Waals surface area contributed by atoms with Gasteiger partial charge in [0.2, 0.25) is 0 Å². The number of hydrogen-bond donors (Lipinski definition) is 4. The van der Waals surface area contributed by atoms with Gasteiger partial charge in [0.05, 0.1) is 0 Å². The van der Waals surface area contributed by atoms with E-state index in [-0.39, 0.29) is 18.3 Å². The lowest BCUT2D eigenvalue weighted by Gasteiger charge is -2.21. The molecular formula is C13H19N3O3. The van der Waals surface area contributed by atoms with Crippen LogP contribution in [0.4, 0.5) is 4.79 Å². The van der Waals surface area contributed by atoms with Gasteiger partial charge in [-0.3, -0.25) is 16.1 Å². The van der Waals surface area contributed by atoms with Gasteiger partial charge < -0.3 is 10.0 Å². The maximum absolute atomic E-state index is 11.1. The predicted molar refractivity (Wildman–Crippen MR) is 71.5 cm³/mol. The van der Waals surface area contributed by atoms with Crippen molar-refractivity contribution in [3.05, 3.63) is 35.4 Å². The minimum Gasteiger partial charge on any atom is -0.465 e. The lowest BCUT2D eigenvalue weighted by atomic mass is 10.1. The quantitative estimate of drug-likeness (QED) is 0.372. The number of amidine groups is 1. The van der Waals surface area contributed by atoms with Gasteiger partial charge in [-0.05, 0) is 17.5 Å². The van der Waals surface area contributed by atoms with Crippen LogP contribution < -0.4 is 5.48 Å². The highest BCUT2D eigenvalue weighted by Gasteiger charge is 2.14. The summed E-state index contributed by atoms with van der Waals surface area (Å²) in [7, 11) is 0. The summed E-state index contributed by atoms with van der Waals surface area (Å²) in [4.78, 5) is 12.5. The Balaban J connectivity index is 2.84. The molecule has 0 atom stereocenters. The largest absolute Gasteiger partial charge is 0.465 e. The maximum Gasteiger partial charge on any atom is 0.407 e. The molecule has 0 aromatic heterocycles. The first-order valence-electron chi connectivity index (χ1n) is 6.00. The highest BCUT2D eigenvalue weighted by molar-refractivity contribution is 5.95. The molecule has 0 bridgehead atoms. The van der Waals surface area contributed by atoms with Crippen molar-refractivity contribution in [2.75, 3.05) is 6.54 Å². The molecule has 4 N–H and O–H groups in total. The number of nitrogens with zero attached hydrogens (tertiary/aromatic N) is 1. The van der Waals surface area contributed by atoms with Crippen molar-refractivity contribution in [2.24, 2.45) is 5.92 Å². The van der Waals surface area contributed by atoms with Gasteiger partial charge in [0, 0.05) is 18.7 Å². The first kappa shape index (κ1) is 15.0. The fourth-order valence-corrected chi connectivity index (χ4v) is 1.76. The van der Waals surface area contributed by atoms with Crippen molar-refractivity contribution in [3.8, 4) is 0 Å². The number of rotatable bonds is 5. The van der Waals surface area contributed by atoms with E-state index in [0.717, 1.165) is 5.56 Å². The third-order valence-electron chi connectivity index (χ3n) is 2.56. The molecule has 1 aromatic rings. The second-order valence-electron chi connectivity index (χ2n) is 4.74. The van der Waals surface area contributed by atoms with E-state index in [2.05, 4.69) is 0 Å². The average molecular weight is 265 g/mol. The van der Waals surface area contributed by atoms with Crippen molar-refractivity contribution >= 4 is 11.9 Å². The molecule has 104 valence electrons. The Bertz CT molecular complexity index is 460. The molecule has 0 aliphatic carbocycles. The highest BCUT2D eigenvalue weighted by atomic mass is 16.5. The van der Waals surface area contributed by atoms with Gasteiger partial charge in [-0.25, -0.2) is 4.79 Å². The third kappa shape index (κ3) is 4.59. The molecule has 0 unspecified atom stereocenters. The second-order valence-corrected chi connectivity index (χ2v) is 4.74. The Morgan fingerprint density at radius 1 is 1.47 bits per heavy atom. The molecule has 19 heavy (non-hydrogen) atoms. The highest BCUT2D eigenvalue weighted by Crippen LogP contribution is 2.10. The van der Waals surface area contributed by atoms with Gasteiger partial charge in [-0.1, -0.05) is 32.0 Å². The lowest BCUT2D eigenvalue weighted by molar-refractivity contribution is 0.136. The minimum atomic E-state index is -0.963.